The molecule has 0 aliphatic rings. The lowest BCUT2D eigenvalue weighted by Gasteiger charge is -2.16. The van der Waals surface area contributed by atoms with Crippen LogP contribution in [0.5, 0.6) is 0 Å². The minimum Gasteiger partial charge on any atom is -0.465 e. The van der Waals surface area contributed by atoms with Crippen LogP contribution in [-0.2, 0) is 0 Å². The maximum atomic E-state index is 11.6. The summed E-state index contributed by atoms with van der Waals surface area (Å²) >= 11 is 0. The zero-order chi connectivity index (χ0) is 8.69. The third kappa shape index (κ3) is 4.55. The lowest BCUT2D eigenvalue weighted by Crippen LogP contribution is -2.33. The monoisotopic (exact) mass is 165 g/mol. The van der Waals surface area contributed by atoms with Crippen molar-refractivity contribution in [3.05, 3.63) is 0 Å². The summed E-state index contributed by atoms with van der Waals surface area (Å²) in [4.78, 5) is 11.3. The number of rotatable bonds is 5. The van der Waals surface area contributed by atoms with Gasteiger partial charge in [0.1, 0.15) is 0 Å². The largest absolute Gasteiger partial charge is 0.465 e. The Morgan fingerprint density at radius 1 is 1.45 bits per heavy atom. The number of halogens is 1. The van der Waals surface area contributed by atoms with Crippen LogP contribution >= 0.6 is 0 Å². The van der Waals surface area contributed by atoms with Gasteiger partial charge in [0.05, 0.1) is 13.3 Å². The first-order valence-corrected chi connectivity index (χ1v) is 3.37. The van der Waals surface area contributed by atoms with Gasteiger partial charge in [0, 0.05) is 13.1 Å². The Labute approximate surface area is 64.2 Å². The van der Waals surface area contributed by atoms with E-state index in [1.54, 1.807) is 0 Å². The van der Waals surface area contributed by atoms with Gasteiger partial charge in [-0.1, -0.05) is 0 Å². The molecule has 0 aliphatic carbocycles. The fourth-order valence-electron chi connectivity index (χ4n) is 0.674. The molecule has 0 fully saturated rings. The summed E-state index contributed by atoms with van der Waals surface area (Å²) in [6, 6.07) is 0. The summed E-state index contributed by atoms with van der Waals surface area (Å²) in [6.45, 7) is -0.560. The number of hydrogen-bond acceptors (Lipinski definition) is 2. The van der Waals surface area contributed by atoms with Gasteiger partial charge in [0.2, 0.25) is 0 Å². The molecular formula is C6H12FNO3. The predicted octanol–water partition coefficient (Wildman–Crippen LogP) is 0.318. The van der Waals surface area contributed by atoms with E-state index < -0.39 is 12.8 Å². The number of carbonyl (C=O) groups is 1. The van der Waals surface area contributed by atoms with Gasteiger partial charge in [-0.2, -0.15) is 0 Å². The fourth-order valence-corrected chi connectivity index (χ4v) is 0.674. The zero-order valence-corrected chi connectivity index (χ0v) is 6.16. The first-order chi connectivity index (χ1) is 5.22. The summed E-state index contributed by atoms with van der Waals surface area (Å²) in [7, 11) is 0. The van der Waals surface area contributed by atoms with Gasteiger partial charge in [0.15, 0.2) is 0 Å². The lowest BCUT2D eigenvalue weighted by molar-refractivity contribution is 0.130. The first kappa shape index (κ1) is 10.2. The summed E-state index contributed by atoms with van der Waals surface area (Å²) in [5.74, 6) is 0. The molecule has 0 radical (unpaired) electrons. The van der Waals surface area contributed by atoms with Crippen molar-refractivity contribution in [2.45, 2.75) is 6.42 Å². The average molecular weight is 165 g/mol. The Balaban J connectivity index is 3.60. The predicted molar refractivity (Wildman–Crippen MR) is 37.3 cm³/mol. The van der Waals surface area contributed by atoms with Crippen LogP contribution in [0.2, 0.25) is 0 Å². The van der Waals surface area contributed by atoms with E-state index in [0.717, 1.165) is 4.90 Å². The van der Waals surface area contributed by atoms with Crippen molar-refractivity contribution in [3.63, 3.8) is 0 Å². The summed E-state index contributed by atoms with van der Waals surface area (Å²) < 4.78 is 11.6. The van der Waals surface area contributed by atoms with Crippen LogP contribution < -0.4 is 0 Å². The molecule has 11 heavy (non-hydrogen) atoms. The topological polar surface area (TPSA) is 60.8 Å². The maximum absolute atomic E-state index is 11.6. The molecule has 2 N–H and O–H groups in total. The smallest absolute Gasteiger partial charge is 0.407 e. The van der Waals surface area contributed by atoms with Crippen LogP contribution in [0, 0.1) is 0 Å². The zero-order valence-electron chi connectivity index (χ0n) is 6.16. The van der Waals surface area contributed by atoms with E-state index in [4.69, 9.17) is 10.2 Å². The number of aliphatic hydroxyl groups is 1. The van der Waals surface area contributed by atoms with Gasteiger partial charge in [-0.25, -0.2) is 4.79 Å². The molecule has 0 aromatic heterocycles. The molecule has 0 heterocycles. The molecule has 66 valence electrons. The van der Waals surface area contributed by atoms with Crippen molar-refractivity contribution in [1.29, 1.82) is 0 Å². The fraction of sp³-hybridized carbons (Fsp3) is 0.833. The van der Waals surface area contributed by atoms with E-state index in [0.29, 0.717) is 0 Å². The highest BCUT2D eigenvalue weighted by Crippen LogP contribution is 1.92. The molecule has 0 saturated heterocycles. The van der Waals surface area contributed by atoms with Gasteiger partial charge >= 0.3 is 6.09 Å². The van der Waals surface area contributed by atoms with Crippen molar-refractivity contribution in [2.75, 3.05) is 26.4 Å². The second-order valence-corrected chi connectivity index (χ2v) is 2.04. The quantitative estimate of drug-likeness (QED) is 0.616. The second kappa shape index (κ2) is 5.91. The van der Waals surface area contributed by atoms with Gasteiger partial charge in [-0.3, -0.25) is 4.39 Å². The van der Waals surface area contributed by atoms with Crippen LogP contribution in [0.15, 0.2) is 0 Å². The minimum atomic E-state index is -1.12. The van der Waals surface area contributed by atoms with Crippen LogP contribution in [0.4, 0.5) is 9.18 Å². The van der Waals surface area contributed by atoms with Crippen molar-refractivity contribution >= 4 is 6.09 Å². The van der Waals surface area contributed by atoms with Crippen molar-refractivity contribution in [1.82, 2.24) is 4.90 Å². The Hall–Kier alpha value is -0.840. The number of carboxylic acid groups (broad SMARTS) is 1. The molecule has 0 spiro atoms. The Bertz CT molecular complexity index is 120. The van der Waals surface area contributed by atoms with E-state index in [1.807, 2.05) is 0 Å². The molecule has 0 rings (SSSR count). The van der Waals surface area contributed by atoms with Crippen LogP contribution in [0.1, 0.15) is 6.42 Å². The van der Waals surface area contributed by atoms with E-state index in [-0.39, 0.29) is 26.1 Å². The normalized spacial score (nSPS) is 9.64. The van der Waals surface area contributed by atoms with Gasteiger partial charge in [0.25, 0.3) is 0 Å². The van der Waals surface area contributed by atoms with Crippen LogP contribution in [0.25, 0.3) is 0 Å². The van der Waals surface area contributed by atoms with Crippen molar-refractivity contribution in [2.24, 2.45) is 0 Å². The Morgan fingerprint density at radius 2 is 2.09 bits per heavy atom. The van der Waals surface area contributed by atoms with Gasteiger partial charge < -0.3 is 15.1 Å². The van der Waals surface area contributed by atoms with Gasteiger partial charge in [-0.05, 0) is 6.42 Å². The number of nitrogens with zero attached hydrogens (tertiary/aromatic N) is 1. The first-order valence-electron chi connectivity index (χ1n) is 3.37. The summed E-state index contributed by atoms with van der Waals surface area (Å²) in [5, 5.41) is 16.8. The molecule has 0 unspecified atom stereocenters. The van der Waals surface area contributed by atoms with Crippen molar-refractivity contribution < 1.29 is 19.4 Å². The SMILES string of the molecule is O=C(O)N(CCO)CCCF. The molecule has 0 aromatic carbocycles. The highest BCUT2D eigenvalue weighted by Gasteiger charge is 2.08. The van der Waals surface area contributed by atoms with Crippen LogP contribution in [0.3, 0.4) is 0 Å². The highest BCUT2D eigenvalue weighted by molar-refractivity contribution is 5.64. The summed E-state index contributed by atoms with van der Waals surface area (Å²) in [5.41, 5.74) is 0. The molecular weight excluding hydrogens is 153 g/mol. The number of hydrogen-bond donors (Lipinski definition) is 2. The van der Waals surface area contributed by atoms with E-state index in [9.17, 15) is 9.18 Å². The number of aliphatic hydroxyl groups excluding tert-OH is 1. The standard InChI is InChI=1S/C6H12FNO3/c7-2-1-3-8(4-5-9)6(10)11/h9H,1-5H2,(H,10,11). The van der Waals surface area contributed by atoms with E-state index in [1.165, 1.54) is 0 Å². The molecule has 0 bridgehead atoms. The molecule has 1 amide bonds. The third-order valence-electron chi connectivity index (χ3n) is 1.20. The van der Waals surface area contributed by atoms with E-state index in [2.05, 4.69) is 0 Å². The molecule has 0 atom stereocenters. The highest BCUT2D eigenvalue weighted by atomic mass is 19.1. The third-order valence-corrected chi connectivity index (χ3v) is 1.20. The number of alkyl halides is 1. The van der Waals surface area contributed by atoms with Crippen LogP contribution in [-0.4, -0.2) is 47.6 Å². The molecule has 0 aromatic rings. The maximum Gasteiger partial charge on any atom is 0.407 e. The average Bonchev–Trinajstić information content (AvgIpc) is 1.97. The molecule has 4 nitrogen and oxygen atoms in total. The van der Waals surface area contributed by atoms with Crippen molar-refractivity contribution in [3.8, 4) is 0 Å². The lowest BCUT2D eigenvalue weighted by atomic mass is 10.4. The molecule has 0 aliphatic heterocycles. The minimum absolute atomic E-state index is 0.0509. The summed E-state index contributed by atoms with van der Waals surface area (Å²) in [6.07, 6.45) is -0.931. The van der Waals surface area contributed by atoms with E-state index >= 15 is 0 Å². The number of amides is 1. The second-order valence-electron chi connectivity index (χ2n) is 2.04. The molecule has 0 saturated carbocycles. The van der Waals surface area contributed by atoms with Gasteiger partial charge in [-0.15, -0.1) is 0 Å². The Kier molecular flexibility index (Phi) is 5.46. The molecule has 5 heteroatoms. The Morgan fingerprint density at radius 3 is 2.45 bits per heavy atom.